The lowest BCUT2D eigenvalue weighted by atomic mass is 10.2. The maximum atomic E-state index is 10.3. The van der Waals surface area contributed by atoms with E-state index in [0.717, 1.165) is 12.1 Å². The third-order valence-electron chi connectivity index (χ3n) is 1.37. The summed E-state index contributed by atoms with van der Waals surface area (Å²) < 4.78 is 0. The standard InChI is InChI=1S/C7H2N3O4/c8-4-5-1-6(9(11)12)3-7(2-5)10(13)14/h1,3H. The SMILES string of the molecule is N#Cc1[c]c([N+](=O)[O-])cc([N+](=O)[O-])c1. The van der Waals surface area contributed by atoms with Gasteiger partial charge in [-0.25, -0.2) is 0 Å². The largest absolute Gasteiger partial charge is 0.285 e. The van der Waals surface area contributed by atoms with Gasteiger partial charge in [0.1, 0.15) is 6.07 Å². The lowest BCUT2D eigenvalue weighted by Crippen LogP contribution is -1.94. The molecule has 0 aliphatic rings. The Kier molecular flexibility index (Phi) is 2.39. The summed E-state index contributed by atoms with van der Waals surface area (Å²) in [7, 11) is 0. The average Bonchev–Trinajstić information content (AvgIpc) is 2.16. The van der Waals surface area contributed by atoms with E-state index in [1.54, 1.807) is 6.07 Å². The van der Waals surface area contributed by atoms with Gasteiger partial charge in [0.15, 0.2) is 0 Å². The van der Waals surface area contributed by atoms with Crippen molar-refractivity contribution in [1.29, 1.82) is 5.26 Å². The van der Waals surface area contributed by atoms with Crippen molar-refractivity contribution in [3.63, 3.8) is 0 Å². The van der Waals surface area contributed by atoms with E-state index in [1.165, 1.54) is 0 Å². The summed E-state index contributed by atoms with van der Waals surface area (Å²) in [5, 5.41) is 29.0. The fourth-order valence-corrected chi connectivity index (χ4v) is 0.804. The van der Waals surface area contributed by atoms with Crippen LogP contribution >= 0.6 is 0 Å². The Morgan fingerprint density at radius 3 is 2.36 bits per heavy atom. The first-order chi connectivity index (χ1) is 6.54. The van der Waals surface area contributed by atoms with Gasteiger partial charge in [0.05, 0.1) is 27.5 Å². The highest BCUT2D eigenvalue weighted by Crippen LogP contribution is 2.21. The summed E-state index contributed by atoms with van der Waals surface area (Å²) in [5.41, 5.74) is -1.31. The van der Waals surface area contributed by atoms with E-state index >= 15 is 0 Å². The molecule has 7 heteroatoms. The molecule has 0 amide bonds. The molecular weight excluding hydrogens is 190 g/mol. The van der Waals surface area contributed by atoms with Crippen LogP contribution in [0.15, 0.2) is 12.1 Å². The van der Waals surface area contributed by atoms with Crippen LogP contribution in [-0.2, 0) is 0 Å². The maximum absolute atomic E-state index is 10.3. The molecule has 1 rings (SSSR count). The van der Waals surface area contributed by atoms with Crippen LogP contribution < -0.4 is 0 Å². The lowest BCUT2D eigenvalue weighted by Gasteiger charge is -1.92. The fraction of sp³-hybridized carbons (Fsp3) is 0. The molecule has 0 aliphatic carbocycles. The monoisotopic (exact) mass is 192 g/mol. The molecule has 0 aliphatic heterocycles. The molecule has 0 heterocycles. The summed E-state index contributed by atoms with van der Waals surface area (Å²) in [5.74, 6) is 0. The van der Waals surface area contributed by atoms with E-state index in [2.05, 4.69) is 6.07 Å². The molecule has 0 unspecified atom stereocenters. The van der Waals surface area contributed by atoms with E-state index in [1.807, 2.05) is 0 Å². The summed E-state index contributed by atoms with van der Waals surface area (Å²) in [6.07, 6.45) is 0. The van der Waals surface area contributed by atoms with Gasteiger partial charge in [0.2, 0.25) is 0 Å². The predicted octanol–water partition coefficient (Wildman–Crippen LogP) is 1.17. The Balaban J connectivity index is 3.36. The van der Waals surface area contributed by atoms with Crippen LogP contribution in [0.25, 0.3) is 0 Å². The summed E-state index contributed by atoms with van der Waals surface area (Å²) in [4.78, 5) is 18.9. The molecule has 0 aromatic heterocycles. The molecule has 0 saturated heterocycles. The molecule has 1 aromatic rings. The minimum atomic E-state index is -0.839. The Morgan fingerprint density at radius 2 is 1.93 bits per heavy atom. The number of benzene rings is 1. The summed E-state index contributed by atoms with van der Waals surface area (Å²) in [6, 6.07) is 5.35. The van der Waals surface area contributed by atoms with Gasteiger partial charge in [-0.3, -0.25) is 20.2 Å². The van der Waals surface area contributed by atoms with Crippen LogP contribution in [0.5, 0.6) is 0 Å². The maximum Gasteiger partial charge on any atom is 0.285 e. The number of nitriles is 1. The Morgan fingerprint density at radius 1 is 1.29 bits per heavy atom. The highest BCUT2D eigenvalue weighted by molar-refractivity contribution is 5.49. The van der Waals surface area contributed by atoms with Crippen LogP contribution in [0.4, 0.5) is 11.4 Å². The molecule has 0 fully saturated rings. The van der Waals surface area contributed by atoms with Crippen LogP contribution in [0.3, 0.4) is 0 Å². The molecule has 1 aromatic carbocycles. The minimum Gasteiger partial charge on any atom is -0.258 e. The topological polar surface area (TPSA) is 110 Å². The quantitative estimate of drug-likeness (QED) is 0.515. The molecule has 0 N–H and O–H groups in total. The number of nitro groups is 2. The molecular formula is C7H2N3O4. The van der Waals surface area contributed by atoms with Crippen molar-refractivity contribution in [2.45, 2.75) is 0 Å². The molecule has 0 spiro atoms. The number of non-ortho nitro benzene ring substituents is 2. The van der Waals surface area contributed by atoms with Gasteiger partial charge < -0.3 is 0 Å². The first-order valence-electron chi connectivity index (χ1n) is 3.31. The van der Waals surface area contributed by atoms with Crippen molar-refractivity contribution in [1.82, 2.24) is 0 Å². The summed E-state index contributed by atoms with van der Waals surface area (Å²) in [6.45, 7) is 0. The second kappa shape index (κ2) is 3.49. The third-order valence-corrected chi connectivity index (χ3v) is 1.37. The zero-order valence-electron chi connectivity index (χ0n) is 6.63. The predicted molar refractivity (Wildman–Crippen MR) is 43.3 cm³/mol. The van der Waals surface area contributed by atoms with Crippen molar-refractivity contribution in [2.24, 2.45) is 0 Å². The lowest BCUT2D eigenvalue weighted by molar-refractivity contribution is -0.394. The first-order valence-corrected chi connectivity index (χ1v) is 3.31. The van der Waals surface area contributed by atoms with Crippen molar-refractivity contribution in [3.8, 4) is 6.07 Å². The van der Waals surface area contributed by atoms with Gasteiger partial charge in [-0.15, -0.1) is 0 Å². The van der Waals surface area contributed by atoms with E-state index in [4.69, 9.17) is 5.26 Å². The van der Waals surface area contributed by atoms with E-state index in [-0.39, 0.29) is 5.56 Å². The van der Waals surface area contributed by atoms with Gasteiger partial charge in [0.25, 0.3) is 11.4 Å². The van der Waals surface area contributed by atoms with E-state index < -0.39 is 21.2 Å². The van der Waals surface area contributed by atoms with Gasteiger partial charge >= 0.3 is 0 Å². The van der Waals surface area contributed by atoms with E-state index in [0.29, 0.717) is 0 Å². The molecule has 69 valence electrons. The molecule has 1 radical (unpaired) electrons. The van der Waals surface area contributed by atoms with Gasteiger partial charge in [-0.1, -0.05) is 0 Å². The molecule has 0 atom stereocenters. The Hall–Kier alpha value is -2.49. The van der Waals surface area contributed by atoms with E-state index in [9.17, 15) is 20.2 Å². The second-order valence-corrected chi connectivity index (χ2v) is 2.26. The van der Waals surface area contributed by atoms with Crippen LogP contribution in [-0.4, -0.2) is 9.85 Å². The van der Waals surface area contributed by atoms with Crippen LogP contribution in [0.2, 0.25) is 0 Å². The van der Waals surface area contributed by atoms with Gasteiger partial charge in [-0.2, -0.15) is 5.26 Å². The fourth-order valence-electron chi connectivity index (χ4n) is 0.804. The van der Waals surface area contributed by atoms with Crippen molar-refractivity contribution in [2.75, 3.05) is 0 Å². The first kappa shape index (κ1) is 9.60. The number of hydrogen-bond acceptors (Lipinski definition) is 5. The average molecular weight is 192 g/mol. The van der Waals surface area contributed by atoms with Crippen LogP contribution in [0, 0.1) is 37.6 Å². The van der Waals surface area contributed by atoms with Crippen LogP contribution in [0.1, 0.15) is 5.56 Å². The van der Waals surface area contributed by atoms with Crippen molar-refractivity contribution >= 4 is 11.4 Å². The number of rotatable bonds is 2. The number of hydrogen-bond donors (Lipinski definition) is 0. The van der Waals surface area contributed by atoms with Crippen molar-refractivity contribution < 1.29 is 9.85 Å². The Bertz CT molecular complexity index is 416. The normalized spacial score (nSPS) is 9.07. The number of nitro benzene ring substituents is 2. The zero-order valence-corrected chi connectivity index (χ0v) is 6.63. The zero-order chi connectivity index (χ0) is 10.7. The van der Waals surface area contributed by atoms with Gasteiger partial charge in [0, 0.05) is 6.07 Å². The molecule has 0 bridgehead atoms. The Labute approximate surface area is 77.5 Å². The molecule has 14 heavy (non-hydrogen) atoms. The van der Waals surface area contributed by atoms with Gasteiger partial charge in [-0.05, 0) is 0 Å². The minimum absolute atomic E-state index is 0.231. The van der Waals surface area contributed by atoms with Crippen molar-refractivity contribution in [3.05, 3.63) is 44.0 Å². The molecule has 7 nitrogen and oxygen atoms in total. The highest BCUT2D eigenvalue weighted by Gasteiger charge is 2.16. The smallest absolute Gasteiger partial charge is 0.258 e. The highest BCUT2D eigenvalue weighted by atomic mass is 16.6. The number of nitrogens with zero attached hydrogens (tertiary/aromatic N) is 3. The third kappa shape index (κ3) is 1.81. The summed E-state index contributed by atoms with van der Waals surface area (Å²) >= 11 is 0. The second-order valence-electron chi connectivity index (χ2n) is 2.26. The molecule has 0 saturated carbocycles.